The lowest BCUT2D eigenvalue weighted by molar-refractivity contribution is -0.140. The Morgan fingerprint density at radius 2 is 1.38 bits per heavy atom. The van der Waals surface area contributed by atoms with E-state index in [1.54, 1.807) is 0 Å². The molecule has 0 N–H and O–H groups in total. The molecule has 0 saturated heterocycles. The number of rotatable bonds is 6. The summed E-state index contributed by atoms with van der Waals surface area (Å²) < 4.78 is 11.2. The Morgan fingerprint density at radius 1 is 0.938 bits per heavy atom. The summed E-state index contributed by atoms with van der Waals surface area (Å²) in [6.45, 7) is 5.22. The van der Waals surface area contributed by atoms with Gasteiger partial charge in [0.05, 0.1) is 3.74 Å². The fraction of sp³-hybridized carbons (Fsp3) is 0.500. The van der Waals surface area contributed by atoms with E-state index in [2.05, 4.69) is 44.0 Å². The number of hydrogen-bond acceptors (Lipinski definition) is 2. The first-order valence-corrected chi connectivity index (χ1v) is 7.13. The van der Waals surface area contributed by atoms with Gasteiger partial charge in [-0.15, -0.1) is 0 Å². The highest BCUT2D eigenvalue weighted by atomic mass is 79.9. The molecule has 0 spiro atoms. The van der Waals surface area contributed by atoms with Gasteiger partial charge < -0.3 is 9.47 Å². The molecule has 0 unspecified atom stereocenters. The van der Waals surface area contributed by atoms with Crippen molar-refractivity contribution in [1.82, 2.24) is 0 Å². The van der Waals surface area contributed by atoms with Crippen LogP contribution in [0.5, 0.6) is 0 Å². The summed E-state index contributed by atoms with van der Waals surface area (Å²) in [4.78, 5) is 0. The first-order valence-electron chi connectivity index (χ1n) is 5.30. The zero-order valence-corrected chi connectivity index (χ0v) is 12.6. The summed E-state index contributed by atoms with van der Waals surface area (Å²) in [5, 5.41) is 0. The molecular weight excluding hydrogens is 336 g/mol. The van der Waals surface area contributed by atoms with Gasteiger partial charge in [-0.25, -0.2) is 0 Å². The van der Waals surface area contributed by atoms with Crippen molar-refractivity contribution < 1.29 is 9.47 Å². The van der Waals surface area contributed by atoms with E-state index >= 15 is 0 Å². The maximum atomic E-state index is 5.52. The van der Waals surface area contributed by atoms with Gasteiger partial charge in [0.25, 0.3) is 0 Å². The van der Waals surface area contributed by atoms with Gasteiger partial charge in [0.2, 0.25) is 0 Å². The fourth-order valence-electron chi connectivity index (χ4n) is 1.34. The molecule has 1 aromatic rings. The number of ether oxygens (including phenoxy) is 2. The van der Waals surface area contributed by atoms with Crippen LogP contribution in [0.25, 0.3) is 0 Å². The summed E-state index contributed by atoms with van der Waals surface area (Å²) in [6, 6.07) is 8.16. The highest BCUT2D eigenvalue weighted by Gasteiger charge is 2.11. The second-order valence-electron chi connectivity index (χ2n) is 3.21. The van der Waals surface area contributed by atoms with Crippen molar-refractivity contribution in [1.29, 1.82) is 0 Å². The molecule has 0 aromatic heterocycles. The molecule has 0 atom stereocenters. The lowest BCUT2D eigenvalue weighted by atomic mass is 10.1. The fourth-order valence-corrected chi connectivity index (χ4v) is 1.95. The summed E-state index contributed by atoms with van der Waals surface area (Å²) >= 11 is 6.92. The second kappa shape index (κ2) is 7.43. The van der Waals surface area contributed by atoms with Crippen LogP contribution in [0.15, 0.2) is 24.3 Å². The Labute approximate surface area is 114 Å². The van der Waals surface area contributed by atoms with Crippen LogP contribution in [-0.2, 0) is 9.47 Å². The van der Waals surface area contributed by atoms with Crippen LogP contribution in [0.1, 0.15) is 35.0 Å². The molecular formula is C12H16Br2O2. The van der Waals surface area contributed by atoms with Crippen LogP contribution in [0, 0.1) is 0 Å². The predicted molar refractivity (Wildman–Crippen MR) is 73.0 cm³/mol. The summed E-state index contributed by atoms with van der Waals surface area (Å²) in [7, 11) is 0. The molecule has 0 bridgehead atoms. The topological polar surface area (TPSA) is 18.5 Å². The average molecular weight is 352 g/mol. The molecule has 0 aliphatic heterocycles. The van der Waals surface area contributed by atoms with E-state index in [0.717, 1.165) is 5.56 Å². The van der Waals surface area contributed by atoms with Crippen molar-refractivity contribution in [2.45, 2.75) is 23.9 Å². The van der Waals surface area contributed by atoms with Crippen molar-refractivity contribution in [3.8, 4) is 0 Å². The normalized spacial score (nSPS) is 11.4. The van der Waals surface area contributed by atoms with Crippen LogP contribution in [-0.4, -0.2) is 13.2 Å². The van der Waals surface area contributed by atoms with E-state index in [9.17, 15) is 0 Å². The molecule has 0 fully saturated rings. The van der Waals surface area contributed by atoms with Crippen LogP contribution in [0.2, 0.25) is 0 Å². The molecule has 4 heteroatoms. The van der Waals surface area contributed by atoms with Crippen molar-refractivity contribution in [2.75, 3.05) is 13.2 Å². The first-order chi connectivity index (χ1) is 7.69. The minimum absolute atomic E-state index is 0.187. The third-order valence-corrected chi connectivity index (χ3v) is 3.15. The zero-order valence-electron chi connectivity index (χ0n) is 9.45. The van der Waals surface area contributed by atoms with Crippen LogP contribution < -0.4 is 0 Å². The SMILES string of the molecule is CCOC(OCC)c1ccc(C(Br)Br)cc1. The van der Waals surface area contributed by atoms with Crippen LogP contribution in [0.4, 0.5) is 0 Å². The minimum Gasteiger partial charge on any atom is -0.349 e. The Hall–Kier alpha value is 0.1000. The minimum atomic E-state index is -0.256. The molecule has 1 rings (SSSR count). The average Bonchev–Trinajstić information content (AvgIpc) is 2.29. The predicted octanol–water partition coefficient (Wildman–Crippen LogP) is 4.55. The van der Waals surface area contributed by atoms with Gasteiger partial charge in [-0.05, 0) is 19.4 Å². The van der Waals surface area contributed by atoms with Crippen LogP contribution in [0.3, 0.4) is 0 Å². The van der Waals surface area contributed by atoms with Crippen molar-refractivity contribution in [3.05, 3.63) is 35.4 Å². The van der Waals surface area contributed by atoms with E-state index in [-0.39, 0.29) is 10.0 Å². The molecule has 0 aliphatic carbocycles. The van der Waals surface area contributed by atoms with Crippen LogP contribution >= 0.6 is 31.9 Å². The van der Waals surface area contributed by atoms with E-state index in [4.69, 9.17) is 9.47 Å². The highest BCUT2D eigenvalue weighted by Crippen LogP contribution is 2.30. The van der Waals surface area contributed by atoms with Gasteiger partial charge >= 0.3 is 0 Å². The molecule has 0 saturated carbocycles. The molecule has 2 nitrogen and oxygen atoms in total. The summed E-state index contributed by atoms with van der Waals surface area (Å²) in [5.74, 6) is 0. The van der Waals surface area contributed by atoms with E-state index < -0.39 is 0 Å². The van der Waals surface area contributed by atoms with Crippen molar-refractivity contribution in [3.63, 3.8) is 0 Å². The number of benzene rings is 1. The van der Waals surface area contributed by atoms with Gasteiger partial charge in [-0.2, -0.15) is 0 Å². The van der Waals surface area contributed by atoms with Gasteiger partial charge in [-0.3, -0.25) is 0 Å². The summed E-state index contributed by atoms with van der Waals surface area (Å²) in [5.41, 5.74) is 2.23. The smallest absolute Gasteiger partial charge is 0.183 e. The molecule has 0 aliphatic rings. The van der Waals surface area contributed by atoms with E-state index in [0.29, 0.717) is 13.2 Å². The Morgan fingerprint density at radius 3 is 1.75 bits per heavy atom. The molecule has 0 amide bonds. The standard InChI is InChI=1S/C12H16Br2O2/c1-3-15-12(16-4-2)10-7-5-9(6-8-10)11(13)14/h5-8,11-12H,3-4H2,1-2H3. The van der Waals surface area contributed by atoms with Crippen molar-refractivity contribution >= 4 is 31.9 Å². The lowest BCUT2D eigenvalue weighted by Gasteiger charge is -2.17. The van der Waals surface area contributed by atoms with Gasteiger partial charge in [-0.1, -0.05) is 56.1 Å². The molecule has 0 radical (unpaired) electrons. The Kier molecular flexibility index (Phi) is 6.58. The third-order valence-electron chi connectivity index (χ3n) is 2.10. The zero-order chi connectivity index (χ0) is 12.0. The lowest BCUT2D eigenvalue weighted by Crippen LogP contribution is -2.08. The van der Waals surface area contributed by atoms with Crippen molar-refractivity contribution in [2.24, 2.45) is 0 Å². The number of halogens is 2. The third kappa shape index (κ3) is 4.17. The number of hydrogen-bond donors (Lipinski definition) is 0. The molecule has 16 heavy (non-hydrogen) atoms. The second-order valence-corrected chi connectivity index (χ2v) is 6.27. The molecule has 1 aromatic carbocycles. The largest absolute Gasteiger partial charge is 0.349 e. The van der Waals surface area contributed by atoms with E-state index in [1.165, 1.54) is 5.56 Å². The highest BCUT2D eigenvalue weighted by molar-refractivity contribution is 9.24. The maximum absolute atomic E-state index is 5.52. The van der Waals surface area contributed by atoms with Gasteiger partial charge in [0, 0.05) is 18.8 Å². The monoisotopic (exact) mass is 350 g/mol. The summed E-state index contributed by atoms with van der Waals surface area (Å²) in [6.07, 6.45) is -0.256. The first kappa shape index (κ1) is 14.2. The van der Waals surface area contributed by atoms with Gasteiger partial charge in [0.15, 0.2) is 6.29 Å². The quantitative estimate of drug-likeness (QED) is 0.553. The molecule has 0 heterocycles. The molecule has 90 valence electrons. The van der Waals surface area contributed by atoms with E-state index in [1.807, 2.05) is 26.0 Å². The number of alkyl halides is 2. The Bertz CT molecular complexity index is 292. The Balaban J connectivity index is 2.76. The van der Waals surface area contributed by atoms with Gasteiger partial charge in [0.1, 0.15) is 0 Å². The maximum Gasteiger partial charge on any atom is 0.183 e.